The fraction of sp³-hybridized carbons (Fsp3) is 0.111. The second kappa shape index (κ2) is 4.65. The molecule has 80 valence electrons. The molecule has 15 heavy (non-hydrogen) atoms. The molecule has 0 unspecified atom stereocenters. The number of anilines is 1. The van der Waals surface area contributed by atoms with Crippen molar-refractivity contribution in [2.24, 2.45) is 16.5 Å². The molecule has 0 aliphatic carbocycles. The summed E-state index contributed by atoms with van der Waals surface area (Å²) in [5.74, 6) is -0.279. The van der Waals surface area contributed by atoms with E-state index in [9.17, 15) is 4.79 Å². The Morgan fingerprint density at radius 1 is 1.40 bits per heavy atom. The number of hydrogen-bond acceptors (Lipinski definition) is 1. The number of rotatable bonds is 1. The average molecular weight is 227 g/mol. The van der Waals surface area contributed by atoms with E-state index in [1.165, 1.54) is 11.9 Å². The lowest BCUT2D eigenvalue weighted by Crippen LogP contribution is -2.30. The van der Waals surface area contributed by atoms with E-state index in [4.69, 9.17) is 23.1 Å². The highest BCUT2D eigenvalue weighted by molar-refractivity contribution is 6.33. The third-order valence-corrected chi connectivity index (χ3v) is 2.05. The maximum atomic E-state index is 11.4. The molecule has 1 rings (SSSR count). The van der Waals surface area contributed by atoms with Crippen LogP contribution < -0.4 is 16.4 Å². The molecule has 0 bridgehead atoms. The molecule has 0 aliphatic rings. The summed E-state index contributed by atoms with van der Waals surface area (Å²) in [6, 6.07) is 6.34. The SMILES string of the molecule is CN(C(=O)N=C(N)N)c1ccccc1Cl. The van der Waals surface area contributed by atoms with Crippen LogP contribution in [-0.4, -0.2) is 19.0 Å². The molecule has 0 saturated heterocycles. The van der Waals surface area contributed by atoms with E-state index in [0.717, 1.165) is 0 Å². The molecular weight excluding hydrogens is 216 g/mol. The van der Waals surface area contributed by atoms with Crippen LogP contribution in [0.15, 0.2) is 29.3 Å². The molecule has 0 radical (unpaired) electrons. The normalized spacial score (nSPS) is 9.47. The van der Waals surface area contributed by atoms with Gasteiger partial charge >= 0.3 is 6.03 Å². The number of urea groups is 1. The van der Waals surface area contributed by atoms with Gasteiger partial charge in [-0.25, -0.2) is 4.79 Å². The average Bonchev–Trinajstić information content (AvgIpc) is 2.16. The summed E-state index contributed by atoms with van der Waals surface area (Å²) in [6.45, 7) is 0. The number of guanidine groups is 1. The molecule has 1 aromatic carbocycles. The van der Waals surface area contributed by atoms with Gasteiger partial charge in [-0.2, -0.15) is 4.99 Å². The zero-order chi connectivity index (χ0) is 11.4. The van der Waals surface area contributed by atoms with Crippen LogP contribution in [0.3, 0.4) is 0 Å². The van der Waals surface area contributed by atoms with Gasteiger partial charge in [0, 0.05) is 7.05 Å². The number of halogens is 1. The van der Waals surface area contributed by atoms with Crippen molar-refractivity contribution >= 4 is 29.3 Å². The number of carbonyl (C=O) groups is 1. The summed E-state index contributed by atoms with van der Waals surface area (Å²) in [4.78, 5) is 16.1. The summed E-state index contributed by atoms with van der Waals surface area (Å²) in [7, 11) is 1.54. The van der Waals surface area contributed by atoms with E-state index in [2.05, 4.69) is 4.99 Å². The van der Waals surface area contributed by atoms with Gasteiger partial charge in [0.15, 0.2) is 5.96 Å². The topological polar surface area (TPSA) is 84.7 Å². The molecule has 2 amide bonds. The van der Waals surface area contributed by atoms with E-state index in [-0.39, 0.29) is 5.96 Å². The number of amides is 2. The first kappa shape index (κ1) is 11.3. The van der Waals surface area contributed by atoms with Crippen molar-refractivity contribution in [2.45, 2.75) is 0 Å². The number of nitrogens with two attached hydrogens (primary N) is 2. The van der Waals surface area contributed by atoms with Crippen molar-refractivity contribution < 1.29 is 4.79 Å². The fourth-order valence-electron chi connectivity index (χ4n) is 1.01. The van der Waals surface area contributed by atoms with Crippen LogP contribution in [0.25, 0.3) is 0 Å². The first-order valence-electron chi connectivity index (χ1n) is 4.14. The Labute approximate surface area is 92.3 Å². The molecule has 4 N–H and O–H groups in total. The van der Waals surface area contributed by atoms with Crippen LogP contribution >= 0.6 is 11.6 Å². The van der Waals surface area contributed by atoms with Gasteiger partial charge in [-0.3, -0.25) is 4.90 Å². The molecule has 0 spiro atoms. The maximum absolute atomic E-state index is 11.4. The summed E-state index contributed by atoms with van der Waals surface area (Å²) >= 11 is 5.89. The molecule has 0 aromatic heterocycles. The molecule has 0 heterocycles. The van der Waals surface area contributed by atoms with Crippen LogP contribution in [0.4, 0.5) is 10.5 Å². The third-order valence-electron chi connectivity index (χ3n) is 1.73. The van der Waals surface area contributed by atoms with Crippen molar-refractivity contribution in [3.63, 3.8) is 0 Å². The molecule has 0 saturated carbocycles. The van der Waals surface area contributed by atoms with Gasteiger partial charge < -0.3 is 11.5 Å². The highest BCUT2D eigenvalue weighted by atomic mass is 35.5. The Bertz CT molecular complexity index is 401. The molecule has 5 nitrogen and oxygen atoms in total. The molecule has 0 atom stereocenters. The van der Waals surface area contributed by atoms with Crippen molar-refractivity contribution in [3.05, 3.63) is 29.3 Å². The Balaban J connectivity index is 2.95. The Morgan fingerprint density at radius 3 is 2.53 bits per heavy atom. The van der Waals surface area contributed by atoms with E-state index in [1.807, 2.05) is 0 Å². The van der Waals surface area contributed by atoms with Gasteiger partial charge in [0.25, 0.3) is 0 Å². The number of para-hydroxylation sites is 1. The van der Waals surface area contributed by atoms with Gasteiger partial charge in [0.05, 0.1) is 10.7 Å². The number of nitrogens with zero attached hydrogens (tertiary/aromatic N) is 2. The van der Waals surface area contributed by atoms with E-state index < -0.39 is 6.03 Å². The standard InChI is InChI=1S/C9H11ClN4O/c1-14(9(15)13-8(11)12)7-5-3-2-4-6(7)10/h2-5H,1H3,(H4,11,12,13,15). The zero-order valence-corrected chi connectivity index (χ0v) is 8.90. The second-order valence-corrected chi connectivity index (χ2v) is 3.24. The minimum atomic E-state index is -0.567. The van der Waals surface area contributed by atoms with Crippen molar-refractivity contribution in [1.29, 1.82) is 0 Å². The monoisotopic (exact) mass is 226 g/mol. The molecular formula is C9H11ClN4O. The first-order valence-corrected chi connectivity index (χ1v) is 4.52. The fourth-order valence-corrected chi connectivity index (χ4v) is 1.27. The zero-order valence-electron chi connectivity index (χ0n) is 8.14. The van der Waals surface area contributed by atoms with Gasteiger partial charge in [-0.05, 0) is 12.1 Å². The first-order chi connectivity index (χ1) is 7.02. The second-order valence-electron chi connectivity index (χ2n) is 2.83. The number of carbonyl (C=O) groups excluding carboxylic acids is 1. The maximum Gasteiger partial charge on any atom is 0.351 e. The van der Waals surface area contributed by atoms with Crippen LogP contribution in [0.2, 0.25) is 5.02 Å². The quantitative estimate of drug-likeness (QED) is 0.557. The number of aliphatic imine (C=N–C) groups is 1. The number of benzene rings is 1. The molecule has 0 fully saturated rings. The van der Waals surface area contributed by atoms with Crippen LogP contribution in [0.5, 0.6) is 0 Å². The Morgan fingerprint density at radius 2 is 2.00 bits per heavy atom. The molecule has 6 heteroatoms. The highest BCUT2D eigenvalue weighted by Crippen LogP contribution is 2.24. The van der Waals surface area contributed by atoms with E-state index in [0.29, 0.717) is 10.7 Å². The summed E-state index contributed by atoms with van der Waals surface area (Å²) < 4.78 is 0. The minimum Gasteiger partial charge on any atom is -0.370 e. The number of hydrogen-bond donors (Lipinski definition) is 2. The van der Waals surface area contributed by atoms with Gasteiger partial charge in [0.2, 0.25) is 0 Å². The lowest BCUT2D eigenvalue weighted by molar-refractivity contribution is 0.255. The van der Waals surface area contributed by atoms with E-state index in [1.54, 1.807) is 24.3 Å². The predicted molar refractivity (Wildman–Crippen MR) is 61.1 cm³/mol. The molecule has 0 aliphatic heterocycles. The highest BCUT2D eigenvalue weighted by Gasteiger charge is 2.12. The summed E-state index contributed by atoms with van der Waals surface area (Å²) in [5, 5.41) is 0.458. The minimum absolute atomic E-state index is 0.279. The molecule has 1 aromatic rings. The van der Waals surface area contributed by atoms with Crippen LogP contribution in [0.1, 0.15) is 0 Å². The largest absolute Gasteiger partial charge is 0.370 e. The van der Waals surface area contributed by atoms with E-state index >= 15 is 0 Å². The van der Waals surface area contributed by atoms with Gasteiger partial charge in [0.1, 0.15) is 0 Å². The van der Waals surface area contributed by atoms with Gasteiger partial charge in [-0.15, -0.1) is 0 Å². The van der Waals surface area contributed by atoms with Crippen molar-refractivity contribution in [2.75, 3.05) is 11.9 Å². The third kappa shape index (κ3) is 2.85. The lowest BCUT2D eigenvalue weighted by atomic mass is 10.3. The van der Waals surface area contributed by atoms with Crippen molar-refractivity contribution in [1.82, 2.24) is 0 Å². The Kier molecular flexibility index (Phi) is 3.51. The smallest absolute Gasteiger partial charge is 0.351 e. The summed E-state index contributed by atoms with van der Waals surface area (Å²) in [5.41, 5.74) is 10.7. The Hall–Kier alpha value is -1.75. The van der Waals surface area contributed by atoms with Gasteiger partial charge in [-0.1, -0.05) is 23.7 Å². The summed E-state index contributed by atoms with van der Waals surface area (Å²) in [6.07, 6.45) is 0. The van der Waals surface area contributed by atoms with Crippen LogP contribution in [-0.2, 0) is 0 Å². The van der Waals surface area contributed by atoms with Crippen LogP contribution in [0, 0.1) is 0 Å². The lowest BCUT2D eigenvalue weighted by Gasteiger charge is -2.15. The predicted octanol–water partition coefficient (Wildman–Crippen LogP) is 1.17. The van der Waals surface area contributed by atoms with Crippen molar-refractivity contribution in [3.8, 4) is 0 Å².